The van der Waals surface area contributed by atoms with Crippen LogP contribution in [0, 0.1) is 17.8 Å². The van der Waals surface area contributed by atoms with E-state index in [-0.39, 0.29) is 23.4 Å². The van der Waals surface area contributed by atoms with Crippen molar-refractivity contribution in [2.24, 2.45) is 17.8 Å². The molecule has 1 fully saturated rings. The van der Waals surface area contributed by atoms with Gasteiger partial charge in [-0.15, -0.1) is 0 Å². The molecule has 2 rings (SSSR count). The number of carbonyl (C=O) groups is 2. The van der Waals surface area contributed by atoms with Gasteiger partial charge in [0, 0.05) is 19.0 Å². The van der Waals surface area contributed by atoms with E-state index >= 15 is 0 Å². The van der Waals surface area contributed by atoms with Gasteiger partial charge in [-0.3, -0.25) is 9.59 Å². The Morgan fingerprint density at radius 3 is 2.50 bits per heavy atom. The number of hydrogen-bond acceptors (Lipinski definition) is 4. The van der Waals surface area contributed by atoms with Crippen molar-refractivity contribution in [2.75, 3.05) is 13.1 Å². The zero-order chi connectivity index (χ0) is 19.1. The second-order valence-electron chi connectivity index (χ2n) is 8.14. The maximum atomic E-state index is 12.7. The molecule has 1 aromatic rings. The fraction of sp³-hybridized carbons (Fsp3) is 0.750. The third-order valence-electron chi connectivity index (χ3n) is 4.86. The summed E-state index contributed by atoms with van der Waals surface area (Å²) in [7, 11) is 0. The Morgan fingerprint density at radius 1 is 1.23 bits per heavy atom. The van der Waals surface area contributed by atoms with Crippen molar-refractivity contribution in [3.05, 3.63) is 17.8 Å². The molecule has 0 aliphatic heterocycles. The van der Waals surface area contributed by atoms with Crippen molar-refractivity contribution >= 4 is 11.8 Å². The number of aromatic nitrogens is 1. The van der Waals surface area contributed by atoms with Crippen LogP contribution in [0.25, 0.3) is 0 Å². The Balaban J connectivity index is 1.93. The minimum absolute atomic E-state index is 0.149. The van der Waals surface area contributed by atoms with Crippen LogP contribution in [0.5, 0.6) is 0 Å². The zero-order valence-electron chi connectivity index (χ0n) is 16.6. The summed E-state index contributed by atoms with van der Waals surface area (Å²) >= 11 is 0. The number of amides is 2. The molecule has 0 radical (unpaired) electrons. The molecule has 6 nitrogen and oxygen atoms in total. The normalized spacial score (nSPS) is 14.5. The van der Waals surface area contributed by atoms with Gasteiger partial charge >= 0.3 is 0 Å². The van der Waals surface area contributed by atoms with Crippen molar-refractivity contribution in [1.82, 2.24) is 15.2 Å². The van der Waals surface area contributed by atoms with E-state index < -0.39 is 0 Å². The number of nitrogens with zero attached hydrogens (tertiary/aromatic N) is 2. The first-order chi connectivity index (χ1) is 12.4. The van der Waals surface area contributed by atoms with E-state index in [1.54, 1.807) is 0 Å². The average molecular weight is 364 g/mol. The zero-order valence-corrected chi connectivity index (χ0v) is 16.6. The van der Waals surface area contributed by atoms with E-state index in [0.29, 0.717) is 37.4 Å². The molecule has 146 valence electrons. The fourth-order valence-corrected chi connectivity index (χ4v) is 2.81. The molecule has 26 heavy (non-hydrogen) atoms. The first-order valence-electron chi connectivity index (χ1n) is 9.88. The van der Waals surface area contributed by atoms with Gasteiger partial charge in [-0.05, 0) is 37.5 Å². The van der Waals surface area contributed by atoms with Crippen LogP contribution in [0.2, 0.25) is 0 Å². The summed E-state index contributed by atoms with van der Waals surface area (Å²) in [5, 5.41) is 2.85. The van der Waals surface area contributed by atoms with Gasteiger partial charge in [0.05, 0.1) is 6.54 Å². The van der Waals surface area contributed by atoms with E-state index in [4.69, 9.17) is 4.42 Å². The number of rotatable bonds is 10. The molecule has 0 bridgehead atoms. The Labute approximate surface area is 156 Å². The van der Waals surface area contributed by atoms with Crippen LogP contribution in [-0.4, -0.2) is 34.8 Å². The molecule has 6 heteroatoms. The van der Waals surface area contributed by atoms with Crippen molar-refractivity contribution in [2.45, 2.75) is 66.3 Å². The highest BCUT2D eigenvalue weighted by Gasteiger charge is 2.30. The number of hydrogen-bond donors (Lipinski definition) is 1. The fourth-order valence-electron chi connectivity index (χ4n) is 2.81. The van der Waals surface area contributed by atoms with Gasteiger partial charge in [0.1, 0.15) is 6.26 Å². The minimum atomic E-state index is -0.223. The second-order valence-corrected chi connectivity index (χ2v) is 8.14. The Morgan fingerprint density at radius 2 is 1.92 bits per heavy atom. The quantitative estimate of drug-likeness (QED) is 0.689. The van der Waals surface area contributed by atoms with E-state index in [1.807, 2.05) is 4.90 Å². The Kier molecular flexibility index (Phi) is 7.66. The highest BCUT2D eigenvalue weighted by atomic mass is 16.3. The molecule has 1 aromatic heterocycles. The maximum absolute atomic E-state index is 12.7. The summed E-state index contributed by atoms with van der Waals surface area (Å²) in [5.41, 5.74) is 0.281. The van der Waals surface area contributed by atoms with Crippen LogP contribution in [0.15, 0.2) is 10.7 Å². The summed E-state index contributed by atoms with van der Waals surface area (Å²) in [4.78, 5) is 30.9. The van der Waals surface area contributed by atoms with E-state index in [0.717, 1.165) is 32.1 Å². The molecule has 0 spiro atoms. The molecule has 2 amide bonds. The molecule has 0 aromatic carbocycles. The molecule has 0 unspecified atom stereocenters. The molecule has 0 atom stereocenters. The lowest BCUT2D eigenvalue weighted by atomic mass is 9.84. The Hall–Kier alpha value is -1.85. The number of carbonyl (C=O) groups excluding carboxylic acids is 2. The highest BCUT2D eigenvalue weighted by Crippen LogP contribution is 2.29. The Bertz CT molecular complexity index is 591. The van der Waals surface area contributed by atoms with Crippen molar-refractivity contribution < 1.29 is 14.0 Å². The molecule has 1 aliphatic rings. The van der Waals surface area contributed by atoms with Crippen LogP contribution in [0.3, 0.4) is 0 Å². The first-order valence-corrected chi connectivity index (χ1v) is 9.88. The molecular weight excluding hydrogens is 330 g/mol. The number of oxazole rings is 1. The van der Waals surface area contributed by atoms with Crippen molar-refractivity contribution in [1.29, 1.82) is 0 Å². The predicted molar refractivity (Wildman–Crippen MR) is 101 cm³/mol. The summed E-state index contributed by atoms with van der Waals surface area (Å²) in [5.74, 6) is 1.61. The molecule has 1 N–H and O–H groups in total. The van der Waals surface area contributed by atoms with Crippen LogP contribution in [0.4, 0.5) is 0 Å². The van der Waals surface area contributed by atoms with Gasteiger partial charge in [-0.2, -0.15) is 0 Å². The molecule has 0 saturated heterocycles. The minimum Gasteiger partial charge on any atom is -0.446 e. The van der Waals surface area contributed by atoms with Gasteiger partial charge < -0.3 is 14.6 Å². The first kappa shape index (κ1) is 20.5. The lowest BCUT2D eigenvalue weighted by molar-refractivity contribution is -0.139. The highest BCUT2D eigenvalue weighted by molar-refractivity contribution is 5.91. The largest absolute Gasteiger partial charge is 0.446 e. The third-order valence-corrected chi connectivity index (χ3v) is 4.86. The smallest absolute Gasteiger partial charge is 0.273 e. The summed E-state index contributed by atoms with van der Waals surface area (Å²) < 4.78 is 5.47. The molecular formula is C20H33N3O3. The SMILES string of the molecule is CC(C)CCNC(=O)c1coc(CN(CCC(C)C)C(=O)C2CCC2)n1. The molecule has 1 aliphatic carbocycles. The van der Waals surface area contributed by atoms with Gasteiger partial charge in [-0.1, -0.05) is 34.1 Å². The van der Waals surface area contributed by atoms with Crippen LogP contribution in [0.1, 0.15) is 76.2 Å². The van der Waals surface area contributed by atoms with Crippen LogP contribution in [-0.2, 0) is 11.3 Å². The third kappa shape index (κ3) is 6.15. The van der Waals surface area contributed by atoms with Crippen molar-refractivity contribution in [3.63, 3.8) is 0 Å². The van der Waals surface area contributed by atoms with Gasteiger partial charge in [0.25, 0.3) is 5.91 Å². The predicted octanol–water partition coefficient (Wildman–Crippen LogP) is 3.63. The monoisotopic (exact) mass is 363 g/mol. The lowest BCUT2D eigenvalue weighted by Gasteiger charge is -2.31. The summed E-state index contributed by atoms with van der Waals surface area (Å²) in [6, 6.07) is 0. The standard InChI is InChI=1S/C20H33N3O3/c1-14(2)8-10-21-19(24)17-13-26-18(22-17)12-23(11-9-15(3)4)20(25)16-6-5-7-16/h13-16H,5-12H2,1-4H3,(H,21,24). The topological polar surface area (TPSA) is 75.4 Å². The lowest BCUT2D eigenvalue weighted by Crippen LogP contribution is -2.39. The van der Waals surface area contributed by atoms with Crippen molar-refractivity contribution in [3.8, 4) is 0 Å². The summed E-state index contributed by atoms with van der Waals surface area (Å²) in [6.07, 6.45) is 6.35. The van der Waals surface area contributed by atoms with Gasteiger partial charge in [0.15, 0.2) is 5.69 Å². The molecule has 1 saturated carbocycles. The number of nitrogens with one attached hydrogen (secondary N) is 1. The second kappa shape index (κ2) is 9.74. The molecule has 1 heterocycles. The van der Waals surface area contributed by atoms with E-state index in [9.17, 15) is 9.59 Å². The van der Waals surface area contributed by atoms with E-state index in [2.05, 4.69) is 38.0 Å². The average Bonchev–Trinajstić information content (AvgIpc) is 2.97. The van der Waals surface area contributed by atoms with Gasteiger partial charge in [0.2, 0.25) is 11.8 Å². The van der Waals surface area contributed by atoms with E-state index in [1.165, 1.54) is 6.26 Å². The van der Waals surface area contributed by atoms with Crippen LogP contribution >= 0.6 is 0 Å². The van der Waals surface area contributed by atoms with Crippen LogP contribution < -0.4 is 5.32 Å². The van der Waals surface area contributed by atoms with Gasteiger partial charge in [-0.25, -0.2) is 4.98 Å². The maximum Gasteiger partial charge on any atom is 0.273 e. The summed E-state index contributed by atoms with van der Waals surface area (Å²) in [6.45, 7) is 10.2.